The molecule has 1 aliphatic carbocycles. The zero-order valence-electron chi connectivity index (χ0n) is 15.3. The second-order valence-corrected chi connectivity index (χ2v) is 6.18. The molecule has 0 aliphatic heterocycles. The fraction of sp³-hybridized carbons (Fsp3) is 0.400. The maximum atomic E-state index is 12.1. The van der Waals surface area contributed by atoms with E-state index in [2.05, 4.69) is 0 Å². The summed E-state index contributed by atoms with van der Waals surface area (Å²) in [5.74, 6) is -1.20. The minimum Gasteiger partial charge on any atom is -0.508 e. The van der Waals surface area contributed by atoms with Gasteiger partial charge >= 0.3 is 5.97 Å². The summed E-state index contributed by atoms with van der Waals surface area (Å²) in [6.45, 7) is 3.60. The highest BCUT2D eigenvalue weighted by Crippen LogP contribution is 2.34. The normalized spacial score (nSPS) is 18.0. The van der Waals surface area contributed by atoms with E-state index < -0.39 is 5.97 Å². The van der Waals surface area contributed by atoms with Gasteiger partial charge in [-0.15, -0.1) is 0 Å². The lowest BCUT2D eigenvalue weighted by Gasteiger charge is -2.24. The SMILES string of the molecule is COCCOC(=O)/C(OC1=CC(=O)C[C@H](c2ccccc2C)C1)=C(/C)O. The first-order valence-electron chi connectivity index (χ1n) is 8.45. The van der Waals surface area contributed by atoms with Crippen molar-refractivity contribution in [3.63, 3.8) is 0 Å². The minimum atomic E-state index is -0.798. The third-order valence-corrected chi connectivity index (χ3v) is 4.11. The van der Waals surface area contributed by atoms with Gasteiger partial charge in [0.1, 0.15) is 18.1 Å². The van der Waals surface area contributed by atoms with Crippen LogP contribution in [0, 0.1) is 6.92 Å². The summed E-state index contributed by atoms with van der Waals surface area (Å²) in [7, 11) is 1.49. The number of carbonyl (C=O) groups is 2. The van der Waals surface area contributed by atoms with Gasteiger partial charge in [-0.05, 0) is 30.9 Å². The molecule has 0 saturated carbocycles. The number of carbonyl (C=O) groups excluding carboxylic acids is 2. The van der Waals surface area contributed by atoms with Crippen LogP contribution in [0.15, 0.2) is 47.6 Å². The highest BCUT2D eigenvalue weighted by Gasteiger charge is 2.27. The van der Waals surface area contributed by atoms with Gasteiger partial charge in [-0.1, -0.05) is 24.3 Å². The number of ketones is 1. The largest absolute Gasteiger partial charge is 0.508 e. The number of benzene rings is 1. The van der Waals surface area contributed by atoms with Crippen molar-refractivity contribution < 1.29 is 28.9 Å². The van der Waals surface area contributed by atoms with E-state index in [0.717, 1.165) is 11.1 Å². The number of aliphatic hydroxyl groups excluding tert-OH is 1. The van der Waals surface area contributed by atoms with E-state index in [-0.39, 0.29) is 36.4 Å². The van der Waals surface area contributed by atoms with Crippen LogP contribution in [0.25, 0.3) is 0 Å². The number of hydrogen-bond donors (Lipinski definition) is 1. The lowest BCUT2D eigenvalue weighted by molar-refractivity contribution is -0.144. The number of aliphatic hydroxyl groups is 1. The number of methoxy groups -OCH3 is 1. The molecule has 1 aromatic rings. The molecule has 26 heavy (non-hydrogen) atoms. The molecule has 0 radical (unpaired) electrons. The molecule has 0 bridgehead atoms. The highest BCUT2D eigenvalue weighted by molar-refractivity contribution is 5.92. The van der Waals surface area contributed by atoms with Crippen LogP contribution in [0.4, 0.5) is 0 Å². The van der Waals surface area contributed by atoms with Gasteiger partial charge in [0.2, 0.25) is 5.76 Å². The maximum absolute atomic E-state index is 12.1. The van der Waals surface area contributed by atoms with Crippen LogP contribution in [-0.2, 0) is 23.8 Å². The molecule has 1 N–H and O–H groups in total. The average molecular weight is 360 g/mol. The number of hydrogen-bond acceptors (Lipinski definition) is 6. The predicted molar refractivity (Wildman–Crippen MR) is 95.5 cm³/mol. The molecule has 6 nitrogen and oxygen atoms in total. The third kappa shape index (κ3) is 5.20. The van der Waals surface area contributed by atoms with Gasteiger partial charge in [0.15, 0.2) is 5.78 Å². The molecule has 0 fully saturated rings. The standard InChI is InChI=1S/C20H24O6/c1-13-6-4-5-7-18(13)15-10-16(22)12-17(11-15)26-19(14(2)21)20(23)25-9-8-24-3/h4-7,12,15,21H,8-11H2,1-3H3/b19-14+/t15-/m0/s1. The molecule has 1 aliphatic rings. The van der Waals surface area contributed by atoms with Crippen LogP contribution >= 0.6 is 0 Å². The first-order chi connectivity index (χ1) is 12.4. The van der Waals surface area contributed by atoms with Crippen LogP contribution < -0.4 is 0 Å². The number of aryl methyl sites for hydroxylation is 1. The summed E-state index contributed by atoms with van der Waals surface area (Å²) in [5.41, 5.74) is 2.17. The fourth-order valence-corrected chi connectivity index (χ4v) is 2.87. The van der Waals surface area contributed by atoms with Gasteiger partial charge in [0, 0.05) is 26.0 Å². The third-order valence-electron chi connectivity index (χ3n) is 4.11. The predicted octanol–water partition coefficient (Wildman–Crippen LogP) is 3.32. The Bertz CT molecular complexity index is 728. The van der Waals surface area contributed by atoms with Crippen molar-refractivity contribution >= 4 is 11.8 Å². The second-order valence-electron chi connectivity index (χ2n) is 6.18. The first kappa shape index (κ1) is 19.7. The van der Waals surface area contributed by atoms with E-state index >= 15 is 0 Å². The van der Waals surface area contributed by atoms with Gasteiger partial charge in [-0.25, -0.2) is 4.79 Å². The van der Waals surface area contributed by atoms with E-state index in [9.17, 15) is 14.7 Å². The number of esters is 1. The molecule has 0 aromatic heterocycles. The summed E-state index contributed by atoms with van der Waals surface area (Å²) >= 11 is 0. The Labute approximate surface area is 153 Å². The second kappa shape index (κ2) is 9.20. The van der Waals surface area contributed by atoms with Gasteiger partial charge in [-0.2, -0.15) is 0 Å². The molecule has 0 amide bonds. The Morgan fingerprint density at radius 1 is 1.23 bits per heavy atom. The highest BCUT2D eigenvalue weighted by atomic mass is 16.6. The van der Waals surface area contributed by atoms with Gasteiger partial charge in [0.25, 0.3) is 0 Å². The summed E-state index contributed by atoms with van der Waals surface area (Å²) in [5, 5.41) is 9.77. The summed E-state index contributed by atoms with van der Waals surface area (Å²) in [6.07, 6.45) is 2.21. The lowest BCUT2D eigenvalue weighted by Crippen LogP contribution is -2.19. The zero-order chi connectivity index (χ0) is 19.1. The van der Waals surface area contributed by atoms with Crippen LogP contribution in [0.1, 0.15) is 36.8 Å². The summed E-state index contributed by atoms with van der Waals surface area (Å²) < 4.78 is 15.4. The lowest BCUT2D eigenvalue weighted by atomic mass is 9.84. The van der Waals surface area contributed by atoms with E-state index in [0.29, 0.717) is 18.6 Å². The van der Waals surface area contributed by atoms with Gasteiger partial charge in [-0.3, -0.25) is 4.79 Å². The molecule has 1 atom stereocenters. The Balaban J connectivity index is 2.14. The number of ether oxygens (including phenoxy) is 3. The van der Waals surface area contributed by atoms with Gasteiger partial charge < -0.3 is 19.3 Å². The van der Waals surface area contributed by atoms with Gasteiger partial charge in [0.05, 0.1) is 6.61 Å². The molecule has 0 unspecified atom stereocenters. The van der Waals surface area contributed by atoms with Crippen LogP contribution in [0.5, 0.6) is 0 Å². The Kier molecular flexibility index (Phi) is 6.97. The molecule has 6 heteroatoms. The zero-order valence-corrected chi connectivity index (χ0v) is 15.3. The Morgan fingerprint density at radius 3 is 2.62 bits per heavy atom. The monoisotopic (exact) mass is 360 g/mol. The van der Waals surface area contributed by atoms with Crippen LogP contribution in [0.3, 0.4) is 0 Å². The smallest absolute Gasteiger partial charge is 0.377 e. The molecular formula is C20H24O6. The molecule has 2 rings (SSSR count). The number of allylic oxidation sites excluding steroid dienone is 3. The topological polar surface area (TPSA) is 82.1 Å². The molecule has 1 aromatic carbocycles. The molecule has 0 spiro atoms. The Morgan fingerprint density at radius 2 is 1.96 bits per heavy atom. The van der Waals surface area contributed by atoms with Crippen molar-refractivity contribution in [1.29, 1.82) is 0 Å². The molecule has 0 saturated heterocycles. The Hall–Kier alpha value is -2.60. The van der Waals surface area contributed by atoms with Crippen molar-refractivity contribution in [3.05, 3.63) is 58.7 Å². The van der Waals surface area contributed by atoms with Crippen molar-refractivity contribution in [1.82, 2.24) is 0 Å². The molecular weight excluding hydrogens is 336 g/mol. The van der Waals surface area contributed by atoms with Crippen molar-refractivity contribution in [3.8, 4) is 0 Å². The summed E-state index contributed by atoms with van der Waals surface area (Å²) in [6, 6.07) is 7.86. The summed E-state index contributed by atoms with van der Waals surface area (Å²) in [4.78, 5) is 24.2. The average Bonchev–Trinajstić information content (AvgIpc) is 2.59. The van der Waals surface area contributed by atoms with Crippen molar-refractivity contribution in [2.75, 3.05) is 20.3 Å². The van der Waals surface area contributed by atoms with Crippen LogP contribution in [-0.4, -0.2) is 37.2 Å². The number of rotatable bonds is 7. The molecule has 140 valence electrons. The van der Waals surface area contributed by atoms with Crippen molar-refractivity contribution in [2.24, 2.45) is 0 Å². The first-order valence-corrected chi connectivity index (χ1v) is 8.45. The van der Waals surface area contributed by atoms with E-state index in [1.54, 1.807) is 0 Å². The quantitative estimate of drug-likeness (QED) is 0.348. The van der Waals surface area contributed by atoms with E-state index in [4.69, 9.17) is 14.2 Å². The van der Waals surface area contributed by atoms with E-state index in [1.807, 2.05) is 31.2 Å². The minimum absolute atomic E-state index is 0.0338. The maximum Gasteiger partial charge on any atom is 0.377 e. The van der Waals surface area contributed by atoms with E-state index in [1.165, 1.54) is 20.1 Å². The van der Waals surface area contributed by atoms with Crippen LogP contribution in [0.2, 0.25) is 0 Å². The fourth-order valence-electron chi connectivity index (χ4n) is 2.87. The molecule has 0 heterocycles. The van der Waals surface area contributed by atoms with Crippen molar-refractivity contribution in [2.45, 2.75) is 32.6 Å².